The number of ether oxygens (including phenoxy) is 3. The molecule has 0 N–H and O–H groups in total. The van der Waals surface area contributed by atoms with E-state index in [1.54, 1.807) is 12.1 Å². The molecule has 1 aliphatic heterocycles. The Morgan fingerprint density at radius 2 is 1.50 bits per heavy atom. The monoisotopic (exact) mass is 360 g/mol. The zero-order valence-electron chi connectivity index (χ0n) is 15.9. The highest BCUT2D eigenvalue weighted by Gasteiger charge is 2.38. The molecule has 26 heavy (non-hydrogen) atoms. The molecule has 1 fully saturated rings. The molecule has 0 aromatic heterocycles. The van der Waals surface area contributed by atoms with E-state index in [1.807, 2.05) is 12.1 Å². The summed E-state index contributed by atoms with van der Waals surface area (Å²) in [5.74, 6) is -1.79. The molecule has 1 aromatic rings. The first-order chi connectivity index (χ1) is 12.4. The van der Waals surface area contributed by atoms with Gasteiger partial charge in [0.15, 0.2) is 0 Å². The van der Waals surface area contributed by atoms with Crippen LogP contribution < -0.4 is 4.74 Å². The van der Waals surface area contributed by atoms with Crippen molar-refractivity contribution in [1.29, 1.82) is 0 Å². The van der Waals surface area contributed by atoms with Crippen molar-refractivity contribution in [2.75, 3.05) is 6.61 Å². The summed E-state index contributed by atoms with van der Waals surface area (Å²) < 4.78 is 15.9. The van der Waals surface area contributed by atoms with Crippen LogP contribution in [0.15, 0.2) is 29.8 Å². The van der Waals surface area contributed by atoms with E-state index in [2.05, 4.69) is 6.92 Å². The van der Waals surface area contributed by atoms with Gasteiger partial charge in [-0.15, -0.1) is 0 Å². The van der Waals surface area contributed by atoms with Gasteiger partial charge in [0.25, 0.3) is 5.79 Å². The molecule has 1 saturated heterocycles. The Morgan fingerprint density at radius 1 is 0.923 bits per heavy atom. The zero-order valence-corrected chi connectivity index (χ0v) is 15.9. The van der Waals surface area contributed by atoms with Crippen LogP contribution in [0, 0.1) is 0 Å². The minimum atomic E-state index is -1.22. The van der Waals surface area contributed by atoms with Crippen molar-refractivity contribution < 1.29 is 23.8 Å². The molecule has 1 aliphatic rings. The summed E-state index contributed by atoms with van der Waals surface area (Å²) in [4.78, 5) is 23.9. The van der Waals surface area contributed by atoms with Gasteiger partial charge in [-0.05, 0) is 30.2 Å². The Balaban J connectivity index is 1.84. The van der Waals surface area contributed by atoms with Gasteiger partial charge >= 0.3 is 11.9 Å². The Bertz CT molecular complexity index is 621. The van der Waals surface area contributed by atoms with Crippen molar-refractivity contribution in [3.8, 4) is 5.75 Å². The molecule has 1 aromatic carbocycles. The van der Waals surface area contributed by atoms with Crippen molar-refractivity contribution in [2.45, 2.75) is 65.1 Å². The van der Waals surface area contributed by atoms with Crippen molar-refractivity contribution in [2.24, 2.45) is 0 Å². The normalized spacial score (nSPS) is 16.0. The van der Waals surface area contributed by atoms with E-state index < -0.39 is 17.7 Å². The topological polar surface area (TPSA) is 61.8 Å². The van der Waals surface area contributed by atoms with Crippen LogP contribution in [0.4, 0.5) is 0 Å². The number of rotatable bonds is 9. The smallest absolute Gasteiger partial charge is 0.348 e. The van der Waals surface area contributed by atoms with Gasteiger partial charge in [0.1, 0.15) is 11.3 Å². The largest absolute Gasteiger partial charge is 0.494 e. The number of hydrogen-bond donors (Lipinski definition) is 0. The fraction of sp³-hybridized carbons (Fsp3) is 0.524. The number of benzene rings is 1. The lowest BCUT2D eigenvalue weighted by molar-refractivity contribution is -0.222. The van der Waals surface area contributed by atoms with Crippen LogP contribution in [-0.4, -0.2) is 24.3 Å². The van der Waals surface area contributed by atoms with Crippen LogP contribution in [0.2, 0.25) is 0 Å². The third kappa shape index (κ3) is 6.21. The second kappa shape index (κ2) is 9.41. The molecular formula is C21H28O5. The molecule has 2 rings (SSSR count). The van der Waals surface area contributed by atoms with E-state index in [-0.39, 0.29) is 5.57 Å². The molecule has 0 saturated carbocycles. The molecule has 142 valence electrons. The van der Waals surface area contributed by atoms with E-state index in [4.69, 9.17) is 14.2 Å². The maximum Gasteiger partial charge on any atom is 0.348 e. The predicted molar refractivity (Wildman–Crippen MR) is 99.6 cm³/mol. The summed E-state index contributed by atoms with van der Waals surface area (Å²) in [6.07, 6.45) is 8.81. The highest BCUT2D eigenvalue weighted by atomic mass is 16.7. The molecule has 1 heterocycles. The van der Waals surface area contributed by atoms with Crippen molar-refractivity contribution in [3.63, 3.8) is 0 Å². The average Bonchev–Trinajstić information content (AvgIpc) is 2.58. The van der Waals surface area contributed by atoms with Gasteiger partial charge in [-0.25, -0.2) is 9.59 Å². The van der Waals surface area contributed by atoms with Crippen LogP contribution in [0.3, 0.4) is 0 Å². The van der Waals surface area contributed by atoms with Crippen molar-refractivity contribution in [1.82, 2.24) is 0 Å². The number of carbonyl (C=O) groups is 2. The van der Waals surface area contributed by atoms with E-state index in [1.165, 1.54) is 52.0 Å². The van der Waals surface area contributed by atoms with Crippen molar-refractivity contribution >= 4 is 18.0 Å². The van der Waals surface area contributed by atoms with Gasteiger partial charge in [-0.1, -0.05) is 51.2 Å². The standard InChI is InChI=1S/C21H28O5/c1-4-5-6-7-8-9-14-24-17-12-10-16(11-13-17)15-18-19(22)25-21(2,3)26-20(18)23/h10-13,15H,4-9,14H2,1-3H3. The Morgan fingerprint density at radius 3 is 2.12 bits per heavy atom. The summed E-state index contributed by atoms with van der Waals surface area (Å²) in [5, 5.41) is 0. The van der Waals surface area contributed by atoms with Gasteiger partial charge in [0.05, 0.1) is 6.61 Å². The van der Waals surface area contributed by atoms with Crippen LogP contribution in [-0.2, 0) is 19.1 Å². The average molecular weight is 360 g/mol. The number of carbonyl (C=O) groups excluding carboxylic acids is 2. The SMILES string of the molecule is CCCCCCCCOc1ccc(C=C2C(=O)OC(C)(C)OC2=O)cc1. The number of unbranched alkanes of at least 4 members (excludes halogenated alkanes) is 5. The maximum absolute atomic E-state index is 11.9. The third-order valence-corrected chi connectivity index (χ3v) is 4.07. The summed E-state index contributed by atoms with van der Waals surface area (Å²) in [6, 6.07) is 7.24. The Hall–Kier alpha value is -2.30. The highest BCUT2D eigenvalue weighted by Crippen LogP contribution is 2.24. The van der Waals surface area contributed by atoms with Crippen LogP contribution in [0.1, 0.15) is 64.9 Å². The molecule has 0 unspecified atom stereocenters. The second-order valence-corrected chi connectivity index (χ2v) is 6.92. The molecule has 0 radical (unpaired) electrons. The summed E-state index contributed by atoms with van der Waals surface area (Å²) in [5.41, 5.74) is 0.602. The van der Waals surface area contributed by atoms with Gasteiger partial charge < -0.3 is 14.2 Å². The van der Waals surface area contributed by atoms with E-state index in [9.17, 15) is 9.59 Å². The predicted octanol–water partition coefficient (Wildman–Crippen LogP) is 4.65. The first-order valence-corrected chi connectivity index (χ1v) is 9.32. The summed E-state index contributed by atoms with van der Waals surface area (Å²) in [6.45, 7) is 5.95. The number of hydrogen-bond acceptors (Lipinski definition) is 5. The molecule has 0 aliphatic carbocycles. The number of esters is 2. The van der Waals surface area contributed by atoms with E-state index in [0.717, 1.165) is 12.2 Å². The summed E-state index contributed by atoms with van der Waals surface area (Å²) in [7, 11) is 0. The van der Waals surface area contributed by atoms with Gasteiger partial charge in [0.2, 0.25) is 0 Å². The molecule has 5 nitrogen and oxygen atoms in total. The van der Waals surface area contributed by atoms with Gasteiger partial charge in [-0.2, -0.15) is 0 Å². The summed E-state index contributed by atoms with van der Waals surface area (Å²) >= 11 is 0. The molecule has 0 spiro atoms. The highest BCUT2D eigenvalue weighted by molar-refractivity contribution is 6.18. The maximum atomic E-state index is 11.9. The van der Waals surface area contributed by atoms with Gasteiger partial charge in [-0.3, -0.25) is 0 Å². The van der Waals surface area contributed by atoms with Crippen molar-refractivity contribution in [3.05, 3.63) is 35.4 Å². The lowest BCUT2D eigenvalue weighted by Crippen LogP contribution is -2.41. The molecule has 0 atom stereocenters. The molecular weight excluding hydrogens is 332 g/mol. The Kier molecular flexibility index (Phi) is 7.25. The minimum Gasteiger partial charge on any atom is -0.494 e. The minimum absolute atomic E-state index is 0.106. The zero-order chi connectivity index (χ0) is 19.0. The fourth-order valence-corrected chi connectivity index (χ4v) is 2.68. The van der Waals surface area contributed by atoms with E-state index in [0.29, 0.717) is 12.2 Å². The lowest BCUT2D eigenvalue weighted by Gasteiger charge is -2.29. The van der Waals surface area contributed by atoms with Gasteiger partial charge in [0, 0.05) is 13.8 Å². The second-order valence-electron chi connectivity index (χ2n) is 6.92. The fourth-order valence-electron chi connectivity index (χ4n) is 2.68. The third-order valence-electron chi connectivity index (χ3n) is 4.07. The molecule has 5 heteroatoms. The molecule has 0 amide bonds. The number of cyclic esters (lactones) is 2. The van der Waals surface area contributed by atoms with Crippen LogP contribution in [0.5, 0.6) is 5.75 Å². The molecule has 0 bridgehead atoms. The van der Waals surface area contributed by atoms with Crippen LogP contribution in [0.25, 0.3) is 6.08 Å². The quantitative estimate of drug-likeness (QED) is 0.278. The van der Waals surface area contributed by atoms with Crippen LogP contribution >= 0.6 is 0 Å². The Labute approximate surface area is 155 Å². The van der Waals surface area contributed by atoms with E-state index >= 15 is 0 Å². The lowest BCUT2D eigenvalue weighted by atomic mass is 10.1. The first-order valence-electron chi connectivity index (χ1n) is 9.32. The first kappa shape index (κ1) is 20.0.